The molecule has 0 atom stereocenters. The molecule has 8 nitrogen and oxygen atoms in total. The lowest BCUT2D eigenvalue weighted by Gasteiger charge is -2.34. The van der Waals surface area contributed by atoms with E-state index in [1.807, 2.05) is 22.7 Å². The van der Waals surface area contributed by atoms with Crippen molar-refractivity contribution in [2.45, 2.75) is 50.6 Å². The minimum absolute atomic E-state index is 0. The Bertz CT molecular complexity index is 1300. The van der Waals surface area contributed by atoms with Gasteiger partial charge in [0.1, 0.15) is 11.6 Å². The van der Waals surface area contributed by atoms with Gasteiger partial charge in [-0.15, -0.1) is 17.5 Å². The smallest absolute Gasteiger partial charge is 0.167 e. The first kappa shape index (κ1) is 24.4. The van der Waals surface area contributed by atoms with E-state index in [4.69, 9.17) is 5.10 Å². The van der Waals surface area contributed by atoms with Crippen molar-refractivity contribution in [1.29, 1.82) is 0 Å². The molecule has 0 unspecified atom stereocenters. The second-order valence-corrected chi connectivity index (χ2v) is 9.42. The minimum atomic E-state index is -0.422. The summed E-state index contributed by atoms with van der Waals surface area (Å²) in [5, 5.41) is 11.4. The van der Waals surface area contributed by atoms with Crippen LogP contribution >= 0.6 is 12.4 Å². The number of likely N-dealkylation sites (tertiary alicyclic amines) is 1. The molecule has 2 N–H and O–H groups in total. The second-order valence-electron chi connectivity index (χ2n) is 9.42. The van der Waals surface area contributed by atoms with Gasteiger partial charge in [0, 0.05) is 30.0 Å². The lowest BCUT2D eigenvalue weighted by molar-refractivity contribution is 0.186. The van der Waals surface area contributed by atoms with Crippen LogP contribution < -0.4 is 10.6 Å². The highest BCUT2D eigenvalue weighted by Crippen LogP contribution is 2.28. The number of aromatic nitrogens is 5. The summed E-state index contributed by atoms with van der Waals surface area (Å²) in [7, 11) is 0. The number of fused-ring (bicyclic) bond motifs is 1. The summed E-state index contributed by atoms with van der Waals surface area (Å²) in [5.74, 6) is 1.10. The van der Waals surface area contributed by atoms with Gasteiger partial charge < -0.3 is 15.5 Å². The average molecular weight is 509 g/mol. The zero-order valence-corrected chi connectivity index (χ0v) is 20.8. The van der Waals surface area contributed by atoms with E-state index >= 15 is 0 Å². The molecular weight excluding hydrogens is 479 g/mol. The van der Waals surface area contributed by atoms with E-state index in [1.165, 1.54) is 63.9 Å². The van der Waals surface area contributed by atoms with Crippen LogP contribution in [-0.2, 0) is 0 Å². The molecule has 188 valence electrons. The third kappa shape index (κ3) is 5.12. The van der Waals surface area contributed by atoms with Crippen molar-refractivity contribution in [3.8, 4) is 11.3 Å². The van der Waals surface area contributed by atoms with E-state index in [0.29, 0.717) is 11.9 Å². The minimum Gasteiger partial charge on any atom is -0.366 e. The molecular formula is C26H30ClFN8. The van der Waals surface area contributed by atoms with Crippen molar-refractivity contribution in [2.75, 3.05) is 23.7 Å². The molecule has 2 aliphatic rings. The third-order valence-electron chi connectivity index (χ3n) is 7.13. The molecule has 0 spiro atoms. The fraction of sp³-hybridized carbons (Fsp3) is 0.385. The lowest BCUT2D eigenvalue weighted by atomic mass is 9.90. The quantitative estimate of drug-likeness (QED) is 0.365. The van der Waals surface area contributed by atoms with Crippen molar-refractivity contribution < 1.29 is 4.39 Å². The van der Waals surface area contributed by atoms with E-state index in [2.05, 4.69) is 30.5 Å². The molecule has 1 saturated carbocycles. The highest BCUT2D eigenvalue weighted by Gasteiger charge is 2.27. The van der Waals surface area contributed by atoms with Crippen molar-refractivity contribution in [3.05, 3.63) is 60.8 Å². The Hall–Kier alpha value is -3.30. The molecule has 0 bridgehead atoms. The summed E-state index contributed by atoms with van der Waals surface area (Å²) < 4.78 is 15.7. The summed E-state index contributed by atoms with van der Waals surface area (Å²) in [6, 6.07) is 11.8. The van der Waals surface area contributed by atoms with Gasteiger partial charge in [0.15, 0.2) is 17.3 Å². The Morgan fingerprint density at radius 3 is 2.42 bits per heavy atom. The number of halogens is 2. The zero-order chi connectivity index (χ0) is 23.6. The summed E-state index contributed by atoms with van der Waals surface area (Å²) in [6.07, 6.45) is 12.6. The molecule has 2 fully saturated rings. The van der Waals surface area contributed by atoms with Crippen molar-refractivity contribution in [1.82, 2.24) is 29.5 Å². The van der Waals surface area contributed by atoms with Crippen LogP contribution in [0, 0.1) is 5.82 Å². The topological polar surface area (TPSA) is 83.3 Å². The number of imidazole rings is 1. The summed E-state index contributed by atoms with van der Waals surface area (Å²) in [5.41, 5.74) is 2.51. The van der Waals surface area contributed by atoms with Gasteiger partial charge in [0.2, 0.25) is 0 Å². The first-order valence-corrected chi connectivity index (χ1v) is 12.4. The highest BCUT2D eigenvalue weighted by molar-refractivity contribution is 5.85. The van der Waals surface area contributed by atoms with Crippen molar-refractivity contribution >= 4 is 35.5 Å². The first-order valence-electron chi connectivity index (χ1n) is 12.4. The van der Waals surface area contributed by atoms with Gasteiger partial charge >= 0.3 is 0 Å². The van der Waals surface area contributed by atoms with E-state index in [9.17, 15) is 4.39 Å². The molecule has 4 aromatic rings. The molecule has 0 radical (unpaired) electrons. The van der Waals surface area contributed by atoms with Gasteiger partial charge in [0.05, 0.1) is 11.9 Å². The summed E-state index contributed by atoms with van der Waals surface area (Å²) in [4.78, 5) is 15.6. The zero-order valence-electron chi connectivity index (χ0n) is 20.0. The first-order chi connectivity index (χ1) is 17.2. The second kappa shape index (κ2) is 10.8. The average Bonchev–Trinajstić information content (AvgIpc) is 3.57. The van der Waals surface area contributed by atoms with Crippen molar-refractivity contribution in [2.24, 2.45) is 0 Å². The molecule has 36 heavy (non-hydrogen) atoms. The largest absolute Gasteiger partial charge is 0.366 e. The van der Waals surface area contributed by atoms with Crippen molar-refractivity contribution in [3.63, 3.8) is 0 Å². The molecule has 10 heteroatoms. The van der Waals surface area contributed by atoms with Gasteiger partial charge in [-0.1, -0.05) is 0 Å². The number of hydrogen-bond donors (Lipinski definition) is 2. The van der Waals surface area contributed by atoms with Crippen LogP contribution in [0.2, 0.25) is 0 Å². The van der Waals surface area contributed by atoms with Crippen LogP contribution in [-0.4, -0.2) is 54.6 Å². The monoisotopic (exact) mass is 508 g/mol. The molecule has 4 aromatic heterocycles. The van der Waals surface area contributed by atoms with E-state index in [0.717, 1.165) is 28.8 Å². The molecule has 1 saturated heterocycles. The lowest BCUT2D eigenvalue weighted by Crippen LogP contribution is -2.39. The maximum absolute atomic E-state index is 13.9. The summed E-state index contributed by atoms with van der Waals surface area (Å²) in [6.45, 7) is 2.55. The highest BCUT2D eigenvalue weighted by atomic mass is 35.5. The number of rotatable bonds is 6. The van der Waals surface area contributed by atoms with Crippen LogP contribution in [0.3, 0.4) is 0 Å². The van der Waals surface area contributed by atoms with Crippen LogP contribution in [0.25, 0.3) is 16.9 Å². The van der Waals surface area contributed by atoms with Gasteiger partial charge in [0.25, 0.3) is 0 Å². The maximum atomic E-state index is 13.9. The van der Waals surface area contributed by atoms with E-state index in [-0.39, 0.29) is 18.2 Å². The van der Waals surface area contributed by atoms with Crippen LogP contribution in [0.15, 0.2) is 55.0 Å². The molecule has 1 aliphatic heterocycles. The van der Waals surface area contributed by atoms with Crippen LogP contribution in [0.4, 0.5) is 21.8 Å². The molecule has 0 amide bonds. The standard InChI is InChI=1S/C26H29FN8.ClH/c27-21-4-3-13-28-26(21)32-23-10-5-18(16-29-23)22-17-30-25-12-11-24(33-35(22)25)31-19-6-8-20(9-7-19)34-14-1-2-15-34;/h3-5,10-13,16-17,19-20H,1-2,6-9,14-15H2,(H,31,33)(H,28,29,32);1H. The summed E-state index contributed by atoms with van der Waals surface area (Å²) >= 11 is 0. The number of hydrogen-bond acceptors (Lipinski definition) is 7. The SMILES string of the molecule is Cl.Fc1cccnc1Nc1ccc(-c2cnc3ccc(NC4CCC(N5CCCC5)CC4)nn23)cn1. The van der Waals surface area contributed by atoms with Crippen LogP contribution in [0.1, 0.15) is 38.5 Å². The van der Waals surface area contributed by atoms with Gasteiger partial charge in [-0.3, -0.25) is 0 Å². The predicted molar refractivity (Wildman–Crippen MR) is 141 cm³/mol. The Morgan fingerprint density at radius 1 is 0.861 bits per heavy atom. The van der Waals surface area contributed by atoms with Gasteiger partial charge in [-0.05, 0) is 88.0 Å². The Balaban J connectivity index is 0.00000267. The van der Waals surface area contributed by atoms with E-state index in [1.54, 1.807) is 24.5 Å². The third-order valence-corrected chi connectivity index (χ3v) is 7.13. The fourth-order valence-corrected chi connectivity index (χ4v) is 5.27. The Labute approximate surface area is 215 Å². The number of nitrogens with one attached hydrogen (secondary N) is 2. The van der Waals surface area contributed by atoms with Gasteiger partial charge in [-0.2, -0.15) is 0 Å². The van der Waals surface area contributed by atoms with E-state index < -0.39 is 5.82 Å². The number of pyridine rings is 2. The molecule has 5 heterocycles. The maximum Gasteiger partial charge on any atom is 0.167 e. The Kier molecular flexibility index (Phi) is 7.29. The van der Waals surface area contributed by atoms with Gasteiger partial charge in [-0.25, -0.2) is 23.9 Å². The van der Waals surface area contributed by atoms with Crippen LogP contribution in [0.5, 0.6) is 0 Å². The molecule has 1 aliphatic carbocycles. The normalized spacial score (nSPS) is 20.2. The molecule has 6 rings (SSSR count). The Morgan fingerprint density at radius 2 is 1.67 bits per heavy atom. The number of nitrogens with zero attached hydrogens (tertiary/aromatic N) is 6. The molecule has 0 aromatic carbocycles. The fourth-order valence-electron chi connectivity index (χ4n) is 5.27. The predicted octanol–water partition coefficient (Wildman–Crippen LogP) is 5.31. The number of anilines is 3.